The van der Waals surface area contributed by atoms with E-state index < -0.39 is 0 Å². The maximum absolute atomic E-state index is 10.9. The second-order valence-corrected chi connectivity index (χ2v) is 2.71. The molecule has 1 aliphatic heterocycles. The van der Waals surface area contributed by atoms with Crippen LogP contribution in [0.15, 0.2) is 23.8 Å². The van der Waals surface area contributed by atoms with Crippen LogP contribution in [0.1, 0.15) is 13.3 Å². The van der Waals surface area contributed by atoms with E-state index in [2.05, 4.69) is 6.08 Å². The third-order valence-corrected chi connectivity index (χ3v) is 1.66. The van der Waals surface area contributed by atoms with Crippen molar-refractivity contribution >= 4 is 5.97 Å². The standard InChI is InChI=1S/C10H14O3/c1-2-13-10(11)6-5-9-4-3-7-12-8-9/h4-6H,2-3,7-8H2,1H3/b6-5+. The van der Waals surface area contributed by atoms with Gasteiger partial charge < -0.3 is 9.47 Å². The molecule has 0 aromatic carbocycles. The Morgan fingerprint density at radius 3 is 3.23 bits per heavy atom. The van der Waals surface area contributed by atoms with Crippen molar-refractivity contribution < 1.29 is 14.3 Å². The largest absolute Gasteiger partial charge is 0.463 e. The first-order chi connectivity index (χ1) is 6.33. The van der Waals surface area contributed by atoms with Crippen molar-refractivity contribution in [1.29, 1.82) is 0 Å². The van der Waals surface area contributed by atoms with Crippen molar-refractivity contribution in [3.63, 3.8) is 0 Å². The molecule has 0 saturated heterocycles. The van der Waals surface area contributed by atoms with Gasteiger partial charge in [-0.25, -0.2) is 4.79 Å². The molecule has 1 heterocycles. The van der Waals surface area contributed by atoms with Gasteiger partial charge in [-0.3, -0.25) is 0 Å². The van der Waals surface area contributed by atoms with Crippen LogP contribution >= 0.6 is 0 Å². The molecule has 0 aromatic heterocycles. The molecule has 1 aliphatic rings. The smallest absolute Gasteiger partial charge is 0.330 e. The van der Waals surface area contributed by atoms with Crippen LogP contribution in [0.4, 0.5) is 0 Å². The van der Waals surface area contributed by atoms with Crippen LogP contribution in [-0.2, 0) is 14.3 Å². The zero-order valence-electron chi connectivity index (χ0n) is 7.79. The van der Waals surface area contributed by atoms with Crippen LogP contribution in [0.2, 0.25) is 0 Å². The minimum absolute atomic E-state index is 0.297. The summed E-state index contributed by atoms with van der Waals surface area (Å²) < 4.78 is 9.94. The van der Waals surface area contributed by atoms with Gasteiger partial charge in [0, 0.05) is 6.08 Å². The highest BCUT2D eigenvalue weighted by Gasteiger charge is 2.00. The number of carbonyl (C=O) groups is 1. The summed E-state index contributed by atoms with van der Waals surface area (Å²) in [5, 5.41) is 0. The fourth-order valence-corrected chi connectivity index (χ4v) is 1.06. The van der Waals surface area contributed by atoms with Gasteiger partial charge in [0.15, 0.2) is 0 Å². The van der Waals surface area contributed by atoms with Crippen molar-refractivity contribution in [2.45, 2.75) is 13.3 Å². The Morgan fingerprint density at radius 2 is 2.62 bits per heavy atom. The Bertz CT molecular complexity index is 228. The highest BCUT2D eigenvalue weighted by Crippen LogP contribution is 2.06. The van der Waals surface area contributed by atoms with Gasteiger partial charge in [0.05, 0.1) is 19.8 Å². The molecule has 0 spiro atoms. The lowest BCUT2D eigenvalue weighted by molar-refractivity contribution is -0.137. The highest BCUT2D eigenvalue weighted by atomic mass is 16.5. The lowest BCUT2D eigenvalue weighted by atomic mass is 10.2. The summed E-state index contributed by atoms with van der Waals surface area (Å²) in [5.41, 5.74) is 1.04. The second-order valence-electron chi connectivity index (χ2n) is 2.71. The van der Waals surface area contributed by atoms with E-state index in [-0.39, 0.29) is 5.97 Å². The molecule has 0 unspecified atom stereocenters. The molecule has 13 heavy (non-hydrogen) atoms. The molecule has 0 aromatic rings. The Hall–Kier alpha value is -1.09. The van der Waals surface area contributed by atoms with Gasteiger partial charge in [-0.05, 0) is 25.0 Å². The number of hydrogen-bond donors (Lipinski definition) is 0. The third-order valence-electron chi connectivity index (χ3n) is 1.66. The van der Waals surface area contributed by atoms with Gasteiger partial charge in [-0.2, -0.15) is 0 Å². The van der Waals surface area contributed by atoms with Crippen molar-refractivity contribution in [1.82, 2.24) is 0 Å². The number of rotatable bonds is 3. The van der Waals surface area contributed by atoms with Crippen LogP contribution < -0.4 is 0 Å². The van der Waals surface area contributed by atoms with E-state index in [1.165, 1.54) is 6.08 Å². The van der Waals surface area contributed by atoms with Crippen LogP contribution in [0.3, 0.4) is 0 Å². The van der Waals surface area contributed by atoms with Gasteiger partial charge in [0.2, 0.25) is 0 Å². The second kappa shape index (κ2) is 5.54. The lowest BCUT2D eigenvalue weighted by Gasteiger charge is -2.09. The number of esters is 1. The monoisotopic (exact) mass is 182 g/mol. The quantitative estimate of drug-likeness (QED) is 0.489. The molecule has 0 radical (unpaired) electrons. The molecule has 72 valence electrons. The van der Waals surface area contributed by atoms with Crippen LogP contribution in [0.25, 0.3) is 0 Å². The number of hydrogen-bond acceptors (Lipinski definition) is 3. The molecule has 0 atom stereocenters. The number of ether oxygens (including phenoxy) is 2. The van der Waals surface area contributed by atoms with Crippen LogP contribution in [0, 0.1) is 0 Å². The van der Waals surface area contributed by atoms with Gasteiger partial charge in [-0.1, -0.05) is 6.08 Å². The van der Waals surface area contributed by atoms with Gasteiger partial charge in [0.25, 0.3) is 0 Å². The fourth-order valence-electron chi connectivity index (χ4n) is 1.06. The predicted molar refractivity (Wildman–Crippen MR) is 49.3 cm³/mol. The van der Waals surface area contributed by atoms with E-state index in [0.29, 0.717) is 13.2 Å². The molecule has 1 rings (SSSR count). The highest BCUT2D eigenvalue weighted by molar-refractivity contribution is 5.82. The van der Waals surface area contributed by atoms with Crippen molar-refractivity contribution in [2.24, 2.45) is 0 Å². The van der Waals surface area contributed by atoms with Gasteiger partial charge in [0.1, 0.15) is 0 Å². The molecule has 3 nitrogen and oxygen atoms in total. The lowest BCUT2D eigenvalue weighted by Crippen LogP contribution is -2.05. The van der Waals surface area contributed by atoms with Crippen LogP contribution in [-0.4, -0.2) is 25.8 Å². The zero-order chi connectivity index (χ0) is 9.52. The van der Waals surface area contributed by atoms with E-state index in [1.54, 1.807) is 13.0 Å². The summed E-state index contributed by atoms with van der Waals surface area (Å²) in [6.45, 7) is 3.57. The Kier molecular flexibility index (Phi) is 4.26. The molecule has 0 bridgehead atoms. The predicted octanol–water partition coefficient (Wildman–Crippen LogP) is 1.45. The first-order valence-electron chi connectivity index (χ1n) is 4.44. The zero-order valence-corrected chi connectivity index (χ0v) is 7.79. The summed E-state index contributed by atoms with van der Waals surface area (Å²) in [6.07, 6.45) is 6.17. The first kappa shape index (κ1) is 9.99. The summed E-state index contributed by atoms with van der Waals surface area (Å²) in [6, 6.07) is 0. The first-order valence-corrected chi connectivity index (χ1v) is 4.44. The maximum atomic E-state index is 10.9. The summed E-state index contributed by atoms with van der Waals surface area (Å²) in [5.74, 6) is -0.297. The molecule has 0 N–H and O–H groups in total. The van der Waals surface area contributed by atoms with E-state index >= 15 is 0 Å². The van der Waals surface area contributed by atoms with Crippen molar-refractivity contribution in [3.05, 3.63) is 23.8 Å². The van der Waals surface area contributed by atoms with Gasteiger partial charge in [-0.15, -0.1) is 0 Å². The average molecular weight is 182 g/mol. The van der Waals surface area contributed by atoms with Crippen molar-refractivity contribution in [3.8, 4) is 0 Å². The van der Waals surface area contributed by atoms with Crippen LogP contribution in [0.5, 0.6) is 0 Å². The average Bonchev–Trinajstić information content (AvgIpc) is 2.17. The van der Waals surface area contributed by atoms with E-state index in [0.717, 1.165) is 18.6 Å². The molecule has 0 aliphatic carbocycles. The summed E-state index contributed by atoms with van der Waals surface area (Å²) in [7, 11) is 0. The Labute approximate surface area is 78.0 Å². The molecular weight excluding hydrogens is 168 g/mol. The Balaban J connectivity index is 2.37. The molecule has 0 amide bonds. The van der Waals surface area contributed by atoms with E-state index in [9.17, 15) is 4.79 Å². The molecule has 0 fully saturated rings. The fraction of sp³-hybridized carbons (Fsp3) is 0.500. The summed E-state index contributed by atoms with van der Waals surface area (Å²) in [4.78, 5) is 10.9. The minimum Gasteiger partial charge on any atom is -0.463 e. The number of carbonyl (C=O) groups excluding carboxylic acids is 1. The third kappa shape index (κ3) is 3.90. The molecule has 0 saturated carbocycles. The van der Waals surface area contributed by atoms with E-state index in [4.69, 9.17) is 9.47 Å². The van der Waals surface area contributed by atoms with Gasteiger partial charge >= 0.3 is 5.97 Å². The molecule has 3 heteroatoms. The SMILES string of the molecule is CCOC(=O)/C=C/C1=CCCOC1. The minimum atomic E-state index is -0.297. The van der Waals surface area contributed by atoms with Crippen molar-refractivity contribution in [2.75, 3.05) is 19.8 Å². The van der Waals surface area contributed by atoms with E-state index in [1.807, 2.05) is 0 Å². The summed E-state index contributed by atoms with van der Waals surface area (Å²) >= 11 is 0. The maximum Gasteiger partial charge on any atom is 0.330 e. The molecular formula is C10H14O3. The normalized spacial score (nSPS) is 17.2. The Morgan fingerprint density at radius 1 is 1.77 bits per heavy atom. The topological polar surface area (TPSA) is 35.5 Å².